The largest absolute Gasteiger partial charge is 0.383 e. The molecule has 0 bridgehead atoms. The van der Waals surface area contributed by atoms with Crippen LogP contribution in [0.2, 0.25) is 5.15 Å². The van der Waals surface area contributed by atoms with Gasteiger partial charge in [0.2, 0.25) is 0 Å². The predicted octanol–water partition coefficient (Wildman–Crippen LogP) is 1.83. The lowest BCUT2D eigenvalue weighted by molar-refractivity contribution is 0.0995. The first-order chi connectivity index (χ1) is 8.16. The SMILES string of the molecule is NC(=O)c1nnc(Cl)cc1NCCC1CCC1. The smallest absolute Gasteiger partial charge is 0.271 e. The Morgan fingerprint density at radius 1 is 1.53 bits per heavy atom. The molecule has 0 aliphatic heterocycles. The first-order valence-electron chi connectivity index (χ1n) is 5.73. The Hall–Kier alpha value is -1.36. The number of hydrogen-bond donors (Lipinski definition) is 2. The van der Waals surface area contributed by atoms with Crippen molar-refractivity contribution in [2.45, 2.75) is 25.7 Å². The van der Waals surface area contributed by atoms with Crippen LogP contribution in [0.1, 0.15) is 36.2 Å². The van der Waals surface area contributed by atoms with E-state index in [4.69, 9.17) is 17.3 Å². The predicted molar refractivity (Wildman–Crippen MR) is 66.0 cm³/mol. The monoisotopic (exact) mass is 254 g/mol. The number of nitrogens with one attached hydrogen (secondary N) is 1. The molecule has 0 saturated heterocycles. The summed E-state index contributed by atoms with van der Waals surface area (Å²) in [5.41, 5.74) is 5.92. The highest BCUT2D eigenvalue weighted by molar-refractivity contribution is 6.29. The summed E-state index contributed by atoms with van der Waals surface area (Å²) in [5.74, 6) is 0.213. The number of amides is 1. The molecule has 1 aliphatic carbocycles. The highest BCUT2D eigenvalue weighted by Gasteiger charge is 2.17. The van der Waals surface area contributed by atoms with Crippen molar-refractivity contribution < 1.29 is 4.79 Å². The molecule has 17 heavy (non-hydrogen) atoms. The molecule has 0 spiro atoms. The first kappa shape index (κ1) is 12.1. The van der Waals surface area contributed by atoms with E-state index in [2.05, 4.69) is 15.5 Å². The van der Waals surface area contributed by atoms with Gasteiger partial charge in [-0.05, 0) is 12.3 Å². The average Bonchev–Trinajstić information content (AvgIpc) is 2.21. The normalized spacial score (nSPS) is 15.4. The van der Waals surface area contributed by atoms with Gasteiger partial charge >= 0.3 is 0 Å². The van der Waals surface area contributed by atoms with Crippen LogP contribution in [0.5, 0.6) is 0 Å². The van der Waals surface area contributed by atoms with Gasteiger partial charge in [-0.3, -0.25) is 4.79 Å². The van der Waals surface area contributed by atoms with Crippen LogP contribution in [-0.4, -0.2) is 22.6 Å². The fourth-order valence-corrected chi connectivity index (χ4v) is 2.02. The van der Waals surface area contributed by atoms with E-state index < -0.39 is 5.91 Å². The second kappa shape index (κ2) is 5.31. The minimum Gasteiger partial charge on any atom is -0.383 e. The van der Waals surface area contributed by atoms with Crippen molar-refractivity contribution >= 4 is 23.2 Å². The van der Waals surface area contributed by atoms with Gasteiger partial charge in [0.15, 0.2) is 10.8 Å². The van der Waals surface area contributed by atoms with Crippen LogP contribution in [0.25, 0.3) is 0 Å². The van der Waals surface area contributed by atoms with Gasteiger partial charge in [-0.1, -0.05) is 30.9 Å². The summed E-state index contributed by atoms with van der Waals surface area (Å²) in [4.78, 5) is 11.1. The molecule has 0 unspecified atom stereocenters. The summed E-state index contributed by atoms with van der Waals surface area (Å²) in [6, 6.07) is 1.58. The Kier molecular flexibility index (Phi) is 3.78. The zero-order valence-electron chi connectivity index (χ0n) is 9.45. The average molecular weight is 255 g/mol. The topological polar surface area (TPSA) is 80.9 Å². The van der Waals surface area contributed by atoms with Crippen LogP contribution in [-0.2, 0) is 0 Å². The van der Waals surface area contributed by atoms with Crippen LogP contribution in [0.15, 0.2) is 6.07 Å². The van der Waals surface area contributed by atoms with Gasteiger partial charge in [-0.25, -0.2) is 0 Å². The lowest BCUT2D eigenvalue weighted by atomic mass is 9.83. The number of rotatable bonds is 5. The summed E-state index contributed by atoms with van der Waals surface area (Å²) < 4.78 is 0. The van der Waals surface area contributed by atoms with Gasteiger partial charge in [0.25, 0.3) is 5.91 Å². The Morgan fingerprint density at radius 2 is 2.29 bits per heavy atom. The lowest BCUT2D eigenvalue weighted by Crippen LogP contribution is -2.19. The molecule has 0 radical (unpaired) electrons. The van der Waals surface area contributed by atoms with Gasteiger partial charge in [0.05, 0.1) is 5.69 Å². The van der Waals surface area contributed by atoms with Gasteiger partial charge in [0, 0.05) is 12.6 Å². The van der Waals surface area contributed by atoms with Crippen LogP contribution in [0, 0.1) is 5.92 Å². The van der Waals surface area contributed by atoms with Gasteiger partial charge in [-0.2, -0.15) is 0 Å². The molecule has 6 heteroatoms. The van der Waals surface area contributed by atoms with Crippen molar-refractivity contribution in [1.29, 1.82) is 0 Å². The molecule has 5 nitrogen and oxygen atoms in total. The van der Waals surface area contributed by atoms with Crippen molar-refractivity contribution in [2.75, 3.05) is 11.9 Å². The number of hydrogen-bond acceptors (Lipinski definition) is 4. The Bertz CT molecular complexity index is 420. The number of primary amides is 1. The molecule has 3 N–H and O–H groups in total. The van der Waals surface area contributed by atoms with E-state index >= 15 is 0 Å². The minimum absolute atomic E-state index is 0.142. The third kappa shape index (κ3) is 3.06. The summed E-state index contributed by atoms with van der Waals surface area (Å²) in [6.45, 7) is 0.799. The fraction of sp³-hybridized carbons (Fsp3) is 0.545. The maximum absolute atomic E-state index is 11.1. The summed E-state index contributed by atoms with van der Waals surface area (Å²) >= 11 is 5.74. The molecule has 1 heterocycles. The quantitative estimate of drug-likeness (QED) is 0.840. The number of nitrogens with two attached hydrogens (primary N) is 1. The van der Waals surface area contributed by atoms with Gasteiger partial charge in [-0.15, -0.1) is 10.2 Å². The van der Waals surface area contributed by atoms with Crippen LogP contribution < -0.4 is 11.1 Å². The molecule has 1 fully saturated rings. The van der Waals surface area contributed by atoms with Gasteiger partial charge in [0.1, 0.15) is 0 Å². The molecule has 1 aromatic heterocycles. The molecular formula is C11H15ClN4O. The molecule has 92 valence electrons. The molecule has 1 aromatic rings. The lowest BCUT2D eigenvalue weighted by Gasteiger charge is -2.25. The Morgan fingerprint density at radius 3 is 2.88 bits per heavy atom. The number of halogens is 1. The minimum atomic E-state index is -0.597. The first-order valence-corrected chi connectivity index (χ1v) is 6.11. The van der Waals surface area contributed by atoms with Crippen molar-refractivity contribution in [3.63, 3.8) is 0 Å². The number of nitrogens with zero attached hydrogens (tertiary/aromatic N) is 2. The fourth-order valence-electron chi connectivity index (χ4n) is 1.88. The number of carbonyl (C=O) groups excluding carboxylic acids is 1. The summed E-state index contributed by atoms with van der Waals surface area (Å²) in [6.07, 6.45) is 5.04. The third-order valence-electron chi connectivity index (χ3n) is 3.09. The van der Waals surface area contributed by atoms with Crippen LogP contribution >= 0.6 is 11.6 Å². The van der Waals surface area contributed by atoms with Crippen LogP contribution in [0.4, 0.5) is 5.69 Å². The van der Waals surface area contributed by atoms with Crippen molar-refractivity contribution in [3.8, 4) is 0 Å². The summed E-state index contributed by atoms with van der Waals surface area (Å²) in [5, 5.41) is 10.7. The molecule has 0 atom stereocenters. The van der Waals surface area contributed by atoms with E-state index in [0.29, 0.717) is 5.69 Å². The molecule has 1 aliphatic rings. The molecule has 0 aromatic carbocycles. The standard InChI is InChI=1S/C11H15ClN4O/c12-9-6-8(10(11(13)17)16-15-9)14-5-4-7-2-1-3-7/h6-7H,1-5H2,(H2,13,17)(H,14,15). The van der Waals surface area contributed by atoms with E-state index in [-0.39, 0.29) is 10.8 Å². The zero-order chi connectivity index (χ0) is 12.3. The van der Waals surface area contributed by atoms with E-state index in [1.54, 1.807) is 6.07 Å². The van der Waals surface area contributed by atoms with Gasteiger partial charge < -0.3 is 11.1 Å². The maximum Gasteiger partial charge on any atom is 0.271 e. The van der Waals surface area contributed by atoms with Crippen molar-refractivity contribution in [2.24, 2.45) is 11.7 Å². The molecule has 1 amide bonds. The second-order valence-corrected chi connectivity index (χ2v) is 4.69. The number of aromatic nitrogens is 2. The van der Waals surface area contributed by atoms with E-state index in [1.165, 1.54) is 19.3 Å². The number of anilines is 1. The zero-order valence-corrected chi connectivity index (χ0v) is 10.2. The van der Waals surface area contributed by atoms with Crippen molar-refractivity contribution in [1.82, 2.24) is 10.2 Å². The molecular weight excluding hydrogens is 240 g/mol. The van der Waals surface area contributed by atoms with E-state index in [1.807, 2.05) is 0 Å². The summed E-state index contributed by atoms with van der Waals surface area (Å²) in [7, 11) is 0. The van der Waals surface area contributed by atoms with E-state index in [0.717, 1.165) is 18.9 Å². The maximum atomic E-state index is 11.1. The Labute approximate surface area is 105 Å². The second-order valence-electron chi connectivity index (χ2n) is 4.31. The van der Waals surface area contributed by atoms with Crippen molar-refractivity contribution in [3.05, 3.63) is 16.9 Å². The third-order valence-corrected chi connectivity index (χ3v) is 3.27. The highest BCUT2D eigenvalue weighted by atomic mass is 35.5. The Balaban J connectivity index is 1.97. The molecule has 2 rings (SSSR count). The highest BCUT2D eigenvalue weighted by Crippen LogP contribution is 2.29. The number of carbonyl (C=O) groups is 1. The van der Waals surface area contributed by atoms with E-state index in [9.17, 15) is 4.79 Å². The van der Waals surface area contributed by atoms with Crippen LogP contribution in [0.3, 0.4) is 0 Å². The molecule has 1 saturated carbocycles.